The molecule has 23 heavy (non-hydrogen) atoms. The summed E-state index contributed by atoms with van der Waals surface area (Å²) in [7, 11) is 0. The molecule has 0 saturated heterocycles. The van der Waals surface area contributed by atoms with Gasteiger partial charge in [0.15, 0.2) is 0 Å². The fourth-order valence-corrected chi connectivity index (χ4v) is 2.10. The Morgan fingerprint density at radius 1 is 1.17 bits per heavy atom. The molecule has 0 saturated carbocycles. The van der Waals surface area contributed by atoms with Gasteiger partial charge < -0.3 is 15.8 Å². The van der Waals surface area contributed by atoms with Crippen LogP contribution >= 0.6 is 0 Å². The molecule has 0 radical (unpaired) electrons. The predicted molar refractivity (Wildman–Crippen MR) is 88.7 cm³/mol. The van der Waals surface area contributed by atoms with Gasteiger partial charge in [0.2, 0.25) is 5.91 Å². The highest BCUT2D eigenvalue weighted by atomic mass is 19.1. The first-order chi connectivity index (χ1) is 11.1. The van der Waals surface area contributed by atoms with E-state index < -0.39 is 0 Å². The third-order valence-corrected chi connectivity index (χ3v) is 3.33. The quantitative estimate of drug-likeness (QED) is 0.581. The van der Waals surface area contributed by atoms with Crippen LogP contribution in [0.2, 0.25) is 0 Å². The minimum atomic E-state index is -0.331. The average molecular weight is 316 g/mol. The largest absolute Gasteiger partial charge is 0.493 e. The van der Waals surface area contributed by atoms with Gasteiger partial charge in [-0.05, 0) is 42.7 Å². The van der Waals surface area contributed by atoms with Gasteiger partial charge in [0.1, 0.15) is 11.6 Å². The standard InChI is InChI=1S/C18H21FN2O2/c19-15-3-1-4-17(13-15)23-12-2-5-18(22)21-11-10-14-6-8-16(20)9-7-14/h1,3-4,6-9,13H,2,5,10-12,20H2,(H,21,22). The Morgan fingerprint density at radius 2 is 1.96 bits per heavy atom. The molecule has 3 N–H and O–H groups in total. The number of hydrogen-bond donors (Lipinski definition) is 2. The van der Waals surface area contributed by atoms with Crippen molar-refractivity contribution in [2.45, 2.75) is 19.3 Å². The Balaban J connectivity index is 1.57. The highest BCUT2D eigenvalue weighted by molar-refractivity contribution is 5.75. The molecule has 0 atom stereocenters. The van der Waals surface area contributed by atoms with E-state index in [1.54, 1.807) is 12.1 Å². The Hall–Kier alpha value is -2.56. The summed E-state index contributed by atoms with van der Waals surface area (Å²) in [6.07, 6.45) is 1.74. The summed E-state index contributed by atoms with van der Waals surface area (Å²) in [5, 5.41) is 2.87. The number of hydrogen-bond acceptors (Lipinski definition) is 3. The molecule has 2 rings (SSSR count). The lowest BCUT2D eigenvalue weighted by Crippen LogP contribution is -2.25. The van der Waals surface area contributed by atoms with Crippen LogP contribution in [0.3, 0.4) is 0 Å². The number of rotatable bonds is 8. The molecule has 5 heteroatoms. The molecule has 0 fully saturated rings. The average Bonchev–Trinajstić information content (AvgIpc) is 2.54. The van der Waals surface area contributed by atoms with Crippen molar-refractivity contribution in [3.63, 3.8) is 0 Å². The van der Waals surface area contributed by atoms with E-state index in [4.69, 9.17) is 10.5 Å². The number of carbonyl (C=O) groups excluding carboxylic acids is 1. The van der Waals surface area contributed by atoms with Gasteiger partial charge in [0.05, 0.1) is 6.61 Å². The van der Waals surface area contributed by atoms with E-state index in [1.807, 2.05) is 24.3 Å². The molecule has 0 heterocycles. The maximum Gasteiger partial charge on any atom is 0.220 e. The van der Waals surface area contributed by atoms with Crippen molar-refractivity contribution >= 4 is 11.6 Å². The highest BCUT2D eigenvalue weighted by Gasteiger charge is 2.02. The van der Waals surface area contributed by atoms with E-state index in [2.05, 4.69) is 5.32 Å². The van der Waals surface area contributed by atoms with Crippen molar-refractivity contribution < 1.29 is 13.9 Å². The second-order valence-electron chi connectivity index (χ2n) is 5.25. The van der Waals surface area contributed by atoms with E-state index in [1.165, 1.54) is 12.1 Å². The molecule has 0 aliphatic carbocycles. The monoisotopic (exact) mass is 316 g/mol. The Kier molecular flexibility index (Phi) is 6.41. The van der Waals surface area contributed by atoms with Gasteiger partial charge in [-0.1, -0.05) is 18.2 Å². The molecule has 0 spiro atoms. The van der Waals surface area contributed by atoms with Gasteiger partial charge >= 0.3 is 0 Å². The van der Waals surface area contributed by atoms with E-state index in [0.29, 0.717) is 31.7 Å². The molecule has 0 aromatic heterocycles. The first-order valence-corrected chi connectivity index (χ1v) is 7.63. The second kappa shape index (κ2) is 8.78. The van der Waals surface area contributed by atoms with Crippen LogP contribution in [-0.2, 0) is 11.2 Å². The third kappa shape index (κ3) is 6.38. The molecule has 2 aromatic carbocycles. The van der Waals surface area contributed by atoms with Crippen LogP contribution < -0.4 is 15.8 Å². The molecule has 0 aliphatic rings. The van der Waals surface area contributed by atoms with Crippen molar-refractivity contribution in [3.8, 4) is 5.75 Å². The minimum Gasteiger partial charge on any atom is -0.493 e. The Labute approximate surface area is 135 Å². The summed E-state index contributed by atoms with van der Waals surface area (Å²) in [5.74, 6) is 0.139. The van der Waals surface area contributed by atoms with Crippen LogP contribution in [0.5, 0.6) is 5.75 Å². The Morgan fingerprint density at radius 3 is 2.70 bits per heavy atom. The van der Waals surface area contributed by atoms with Crippen molar-refractivity contribution in [2.24, 2.45) is 0 Å². The maximum atomic E-state index is 13.0. The van der Waals surface area contributed by atoms with Gasteiger partial charge in [-0.15, -0.1) is 0 Å². The summed E-state index contributed by atoms with van der Waals surface area (Å²) in [4.78, 5) is 11.7. The lowest BCUT2D eigenvalue weighted by molar-refractivity contribution is -0.121. The topological polar surface area (TPSA) is 64.3 Å². The van der Waals surface area contributed by atoms with Crippen molar-refractivity contribution in [3.05, 3.63) is 59.9 Å². The molecule has 1 amide bonds. The lowest BCUT2D eigenvalue weighted by atomic mass is 10.1. The van der Waals surface area contributed by atoms with Gasteiger partial charge in [-0.2, -0.15) is 0 Å². The zero-order chi connectivity index (χ0) is 16.5. The van der Waals surface area contributed by atoms with Crippen LogP contribution in [0.25, 0.3) is 0 Å². The zero-order valence-corrected chi connectivity index (χ0v) is 12.9. The number of carbonyl (C=O) groups is 1. The lowest BCUT2D eigenvalue weighted by Gasteiger charge is -2.07. The number of benzene rings is 2. The molecule has 122 valence electrons. The first kappa shape index (κ1) is 16.8. The number of anilines is 1. The number of nitrogens with two attached hydrogens (primary N) is 1. The van der Waals surface area contributed by atoms with Crippen LogP contribution in [0.4, 0.5) is 10.1 Å². The minimum absolute atomic E-state index is 0.0108. The van der Waals surface area contributed by atoms with Crippen LogP contribution in [0.1, 0.15) is 18.4 Å². The fourth-order valence-electron chi connectivity index (χ4n) is 2.10. The Bertz CT molecular complexity index is 629. The summed E-state index contributed by atoms with van der Waals surface area (Å²) in [6, 6.07) is 13.6. The van der Waals surface area contributed by atoms with Gasteiger partial charge in [-0.25, -0.2) is 4.39 Å². The third-order valence-electron chi connectivity index (χ3n) is 3.33. The highest BCUT2D eigenvalue weighted by Crippen LogP contribution is 2.12. The van der Waals surface area contributed by atoms with E-state index in [0.717, 1.165) is 17.7 Å². The van der Waals surface area contributed by atoms with Crippen LogP contribution in [-0.4, -0.2) is 19.1 Å². The molecule has 2 aromatic rings. The number of nitrogens with one attached hydrogen (secondary N) is 1. The summed E-state index contributed by atoms with van der Waals surface area (Å²) >= 11 is 0. The van der Waals surface area contributed by atoms with Crippen molar-refractivity contribution in [2.75, 3.05) is 18.9 Å². The SMILES string of the molecule is Nc1ccc(CCNC(=O)CCCOc2cccc(F)c2)cc1. The first-order valence-electron chi connectivity index (χ1n) is 7.63. The molecule has 0 aliphatic heterocycles. The van der Waals surface area contributed by atoms with Crippen LogP contribution in [0, 0.1) is 5.82 Å². The normalized spacial score (nSPS) is 10.3. The second-order valence-corrected chi connectivity index (χ2v) is 5.25. The van der Waals surface area contributed by atoms with Gasteiger partial charge in [-0.3, -0.25) is 4.79 Å². The zero-order valence-electron chi connectivity index (χ0n) is 12.9. The smallest absolute Gasteiger partial charge is 0.220 e. The number of halogens is 1. The van der Waals surface area contributed by atoms with E-state index in [9.17, 15) is 9.18 Å². The number of ether oxygens (including phenoxy) is 1. The van der Waals surface area contributed by atoms with Gasteiger partial charge in [0.25, 0.3) is 0 Å². The number of nitrogen functional groups attached to an aromatic ring is 1. The molecular formula is C18H21FN2O2. The summed E-state index contributed by atoms with van der Waals surface area (Å²) in [6.45, 7) is 0.975. The molecule has 0 bridgehead atoms. The fraction of sp³-hybridized carbons (Fsp3) is 0.278. The molecule has 0 unspecified atom stereocenters. The maximum absolute atomic E-state index is 13.0. The molecule has 4 nitrogen and oxygen atoms in total. The predicted octanol–water partition coefficient (Wildman–Crippen LogP) is 2.93. The van der Waals surface area contributed by atoms with E-state index >= 15 is 0 Å². The molecular weight excluding hydrogens is 295 g/mol. The summed E-state index contributed by atoms with van der Waals surface area (Å²) < 4.78 is 18.3. The van der Waals surface area contributed by atoms with Crippen LogP contribution in [0.15, 0.2) is 48.5 Å². The van der Waals surface area contributed by atoms with Gasteiger partial charge in [0, 0.05) is 24.7 Å². The van der Waals surface area contributed by atoms with Crippen molar-refractivity contribution in [1.29, 1.82) is 0 Å². The summed E-state index contributed by atoms with van der Waals surface area (Å²) in [5.41, 5.74) is 7.49. The number of amides is 1. The van der Waals surface area contributed by atoms with E-state index in [-0.39, 0.29) is 11.7 Å². The van der Waals surface area contributed by atoms with Crippen molar-refractivity contribution in [1.82, 2.24) is 5.32 Å².